The minimum Gasteiger partial charge on any atom is -0.396 e. The fourth-order valence-electron chi connectivity index (χ4n) is 3.28. The fourth-order valence-corrected chi connectivity index (χ4v) is 3.28. The van der Waals surface area contributed by atoms with Crippen molar-refractivity contribution in [3.8, 4) is 0 Å². The molecule has 0 bridgehead atoms. The molecule has 2 rings (SSSR count). The smallest absolute Gasteiger partial charge is 0.0710 e. The van der Waals surface area contributed by atoms with E-state index in [0.717, 1.165) is 26.1 Å². The van der Waals surface area contributed by atoms with E-state index in [0.29, 0.717) is 12.7 Å². The van der Waals surface area contributed by atoms with Crippen LogP contribution in [-0.4, -0.2) is 49.5 Å². The molecule has 1 atom stereocenters. The second-order valence-corrected chi connectivity index (χ2v) is 5.60. The van der Waals surface area contributed by atoms with E-state index in [-0.39, 0.29) is 5.41 Å². The third kappa shape index (κ3) is 2.76. The van der Waals surface area contributed by atoms with Gasteiger partial charge in [-0.3, -0.25) is 0 Å². The Morgan fingerprint density at radius 3 is 2.62 bits per heavy atom. The van der Waals surface area contributed by atoms with E-state index in [4.69, 9.17) is 4.74 Å². The van der Waals surface area contributed by atoms with Crippen molar-refractivity contribution >= 4 is 0 Å². The van der Waals surface area contributed by atoms with E-state index in [2.05, 4.69) is 4.90 Å². The Kier molecular flexibility index (Phi) is 4.22. The zero-order valence-electron chi connectivity index (χ0n) is 10.5. The highest BCUT2D eigenvalue weighted by atomic mass is 16.5. The maximum Gasteiger partial charge on any atom is 0.0710 e. The van der Waals surface area contributed by atoms with Crippen LogP contribution in [-0.2, 0) is 4.74 Å². The molecule has 1 aliphatic heterocycles. The molecular weight excluding hydrogens is 202 g/mol. The topological polar surface area (TPSA) is 32.7 Å². The molecule has 1 heterocycles. The molecule has 3 nitrogen and oxygen atoms in total. The third-order valence-electron chi connectivity index (χ3n) is 4.37. The molecule has 0 aromatic carbocycles. The predicted molar refractivity (Wildman–Crippen MR) is 64.5 cm³/mol. The van der Waals surface area contributed by atoms with Crippen LogP contribution in [0.4, 0.5) is 0 Å². The Bertz CT molecular complexity index is 214. The molecule has 94 valence electrons. The van der Waals surface area contributed by atoms with Crippen molar-refractivity contribution in [1.82, 2.24) is 4.90 Å². The van der Waals surface area contributed by atoms with Crippen LogP contribution in [0.15, 0.2) is 0 Å². The molecule has 0 amide bonds. The van der Waals surface area contributed by atoms with Gasteiger partial charge in [-0.25, -0.2) is 0 Å². The van der Waals surface area contributed by atoms with Gasteiger partial charge < -0.3 is 14.7 Å². The summed E-state index contributed by atoms with van der Waals surface area (Å²) in [5.41, 5.74) is 0.195. The number of aliphatic hydroxyl groups is 1. The molecule has 3 heteroatoms. The van der Waals surface area contributed by atoms with Gasteiger partial charge in [0.1, 0.15) is 0 Å². The van der Waals surface area contributed by atoms with Crippen LogP contribution >= 0.6 is 0 Å². The van der Waals surface area contributed by atoms with E-state index in [1.165, 1.54) is 32.1 Å². The molecule has 1 unspecified atom stereocenters. The molecule has 0 aromatic heterocycles. The van der Waals surface area contributed by atoms with Crippen molar-refractivity contribution in [3.05, 3.63) is 0 Å². The van der Waals surface area contributed by atoms with Crippen molar-refractivity contribution < 1.29 is 9.84 Å². The lowest BCUT2D eigenvalue weighted by molar-refractivity contribution is 0.0398. The summed E-state index contributed by atoms with van der Waals surface area (Å²) < 4.78 is 5.39. The molecule has 0 aromatic rings. The molecule has 0 radical (unpaired) electrons. The first-order valence-corrected chi connectivity index (χ1v) is 6.64. The van der Waals surface area contributed by atoms with Crippen LogP contribution in [0.3, 0.4) is 0 Å². The summed E-state index contributed by atoms with van der Waals surface area (Å²) in [7, 11) is 1.80. The van der Waals surface area contributed by atoms with Gasteiger partial charge in [0, 0.05) is 38.8 Å². The highest BCUT2D eigenvalue weighted by molar-refractivity contribution is 4.88. The van der Waals surface area contributed by atoms with Gasteiger partial charge in [0.25, 0.3) is 0 Å². The largest absolute Gasteiger partial charge is 0.396 e. The van der Waals surface area contributed by atoms with Gasteiger partial charge >= 0.3 is 0 Å². The number of aliphatic hydroxyl groups excluding tert-OH is 1. The Balaban J connectivity index is 1.86. The van der Waals surface area contributed by atoms with E-state index >= 15 is 0 Å². The highest BCUT2D eigenvalue weighted by Crippen LogP contribution is 2.37. The monoisotopic (exact) mass is 227 g/mol. The number of rotatable bonds is 4. The van der Waals surface area contributed by atoms with E-state index < -0.39 is 0 Å². The maximum absolute atomic E-state index is 9.67. The number of ether oxygens (including phenoxy) is 1. The van der Waals surface area contributed by atoms with Crippen molar-refractivity contribution in [2.45, 2.75) is 44.6 Å². The molecule has 0 spiro atoms. The van der Waals surface area contributed by atoms with Gasteiger partial charge in [0.2, 0.25) is 0 Å². The average molecular weight is 227 g/mol. The molecule has 2 aliphatic rings. The van der Waals surface area contributed by atoms with Gasteiger partial charge in [-0.1, -0.05) is 19.3 Å². The first-order valence-electron chi connectivity index (χ1n) is 6.64. The summed E-state index contributed by atoms with van der Waals surface area (Å²) in [4.78, 5) is 2.48. The zero-order chi connectivity index (χ0) is 11.4. The predicted octanol–water partition coefficient (Wildman–Crippen LogP) is 1.65. The second-order valence-electron chi connectivity index (χ2n) is 5.60. The lowest BCUT2D eigenvalue weighted by atomic mass is 9.74. The molecule has 16 heavy (non-hydrogen) atoms. The van der Waals surface area contributed by atoms with Gasteiger partial charge in [-0.2, -0.15) is 0 Å². The Hall–Kier alpha value is -0.120. The van der Waals surface area contributed by atoms with Crippen molar-refractivity contribution in [2.75, 3.05) is 33.4 Å². The molecule has 1 aliphatic carbocycles. The molecule has 1 N–H and O–H groups in total. The zero-order valence-corrected chi connectivity index (χ0v) is 10.5. The van der Waals surface area contributed by atoms with E-state index in [1.54, 1.807) is 7.11 Å². The third-order valence-corrected chi connectivity index (χ3v) is 4.37. The number of nitrogens with zero attached hydrogens (tertiary/aromatic N) is 1. The normalized spacial score (nSPS) is 30.8. The van der Waals surface area contributed by atoms with Gasteiger partial charge in [0.15, 0.2) is 0 Å². The second kappa shape index (κ2) is 5.48. The molecule has 1 saturated carbocycles. The summed E-state index contributed by atoms with van der Waals surface area (Å²) in [5.74, 6) is 0. The minimum absolute atomic E-state index is 0.195. The SMILES string of the molecule is COC1CCN(CC2(CO)CCCCC2)C1. The fraction of sp³-hybridized carbons (Fsp3) is 1.00. The summed E-state index contributed by atoms with van der Waals surface area (Å²) in [6.45, 7) is 3.63. The summed E-state index contributed by atoms with van der Waals surface area (Å²) in [6.07, 6.45) is 7.92. The lowest BCUT2D eigenvalue weighted by Crippen LogP contribution is -2.41. The quantitative estimate of drug-likeness (QED) is 0.792. The van der Waals surface area contributed by atoms with E-state index in [9.17, 15) is 5.11 Å². The van der Waals surface area contributed by atoms with Crippen LogP contribution < -0.4 is 0 Å². The van der Waals surface area contributed by atoms with Crippen LogP contribution in [0.25, 0.3) is 0 Å². The highest BCUT2D eigenvalue weighted by Gasteiger charge is 2.35. The van der Waals surface area contributed by atoms with E-state index in [1.807, 2.05) is 0 Å². The molecule has 1 saturated heterocycles. The Labute approximate surface area is 98.8 Å². The summed E-state index contributed by atoms with van der Waals surface area (Å²) in [5, 5.41) is 9.67. The molecule has 2 fully saturated rings. The first-order chi connectivity index (χ1) is 7.78. The minimum atomic E-state index is 0.195. The Morgan fingerprint density at radius 1 is 1.31 bits per heavy atom. The number of hydrogen-bond acceptors (Lipinski definition) is 3. The van der Waals surface area contributed by atoms with Crippen LogP contribution in [0.5, 0.6) is 0 Å². The standard InChI is InChI=1S/C13H25NO2/c1-16-12-5-8-14(9-12)10-13(11-15)6-3-2-4-7-13/h12,15H,2-11H2,1H3. The van der Waals surface area contributed by atoms with Gasteiger partial charge in [-0.05, 0) is 19.3 Å². The van der Waals surface area contributed by atoms with Crippen LogP contribution in [0, 0.1) is 5.41 Å². The maximum atomic E-state index is 9.67. The van der Waals surface area contributed by atoms with Gasteiger partial charge in [0.05, 0.1) is 6.10 Å². The lowest BCUT2D eigenvalue weighted by Gasteiger charge is -2.38. The van der Waals surface area contributed by atoms with Crippen LogP contribution in [0.1, 0.15) is 38.5 Å². The average Bonchev–Trinajstić information content (AvgIpc) is 2.78. The first kappa shape index (κ1) is 12.3. The van der Waals surface area contributed by atoms with Gasteiger partial charge in [-0.15, -0.1) is 0 Å². The summed E-state index contributed by atoms with van der Waals surface area (Å²) >= 11 is 0. The Morgan fingerprint density at radius 2 is 2.06 bits per heavy atom. The number of hydrogen-bond donors (Lipinski definition) is 1. The molecular formula is C13H25NO2. The van der Waals surface area contributed by atoms with Crippen molar-refractivity contribution in [1.29, 1.82) is 0 Å². The number of likely N-dealkylation sites (tertiary alicyclic amines) is 1. The number of methoxy groups -OCH3 is 1. The van der Waals surface area contributed by atoms with Crippen molar-refractivity contribution in [3.63, 3.8) is 0 Å². The summed E-state index contributed by atoms with van der Waals surface area (Å²) in [6, 6.07) is 0. The van der Waals surface area contributed by atoms with Crippen molar-refractivity contribution in [2.24, 2.45) is 5.41 Å². The van der Waals surface area contributed by atoms with Crippen LogP contribution in [0.2, 0.25) is 0 Å².